The number of rotatable bonds is 0. The Morgan fingerprint density at radius 2 is 1.31 bits per heavy atom. The fraction of sp³-hybridized carbons (Fsp3) is 0.143. The molecule has 0 amide bonds. The van der Waals surface area contributed by atoms with Gasteiger partial charge in [0.2, 0.25) is 0 Å². The lowest BCUT2D eigenvalue weighted by atomic mass is 9.67. The Hall–Kier alpha value is -1.21. The van der Waals surface area contributed by atoms with Crippen molar-refractivity contribution in [2.75, 3.05) is 0 Å². The van der Waals surface area contributed by atoms with E-state index in [1.165, 1.54) is 11.1 Å². The minimum Gasteiger partial charge on any atom is -0.120 e. The first kappa shape index (κ1) is 9.98. The lowest BCUT2D eigenvalue weighted by Crippen LogP contribution is -2.27. The monoisotopic (exact) mass is 224 g/mol. The maximum Gasteiger partial charge on any atom is 0.110 e. The van der Waals surface area contributed by atoms with E-state index < -0.39 is 4.77 Å². The van der Waals surface area contributed by atoms with Crippen molar-refractivity contribution >= 4 is 19.4 Å². The molecule has 3 rings (SSSR count). The summed E-state index contributed by atoms with van der Waals surface area (Å²) in [4.78, 5) is 0. The molecule has 0 bridgehead atoms. The second-order valence-electron chi connectivity index (χ2n) is 4.20. The molecule has 16 heavy (non-hydrogen) atoms. The first-order valence-corrected chi connectivity index (χ1v) is 5.72. The Bertz CT molecular complexity index is 498. The van der Waals surface area contributed by atoms with Crippen LogP contribution >= 0.6 is 11.6 Å². The van der Waals surface area contributed by atoms with Crippen LogP contribution in [-0.4, -0.2) is 7.85 Å². The summed E-state index contributed by atoms with van der Waals surface area (Å²) < 4.78 is -0.883. The van der Waals surface area contributed by atoms with Crippen molar-refractivity contribution in [2.45, 2.75) is 11.2 Å². The molecule has 2 aromatic carbocycles. The summed E-state index contributed by atoms with van der Waals surface area (Å²) in [6, 6.07) is 16.2. The van der Waals surface area contributed by atoms with Crippen molar-refractivity contribution in [3.63, 3.8) is 0 Å². The second-order valence-corrected chi connectivity index (χ2v) is 4.80. The third kappa shape index (κ3) is 1.31. The highest BCUT2D eigenvalue weighted by atomic mass is 35.5. The molecule has 0 fully saturated rings. The van der Waals surface area contributed by atoms with Crippen LogP contribution in [0.2, 0.25) is 0 Å². The molecule has 0 saturated heterocycles. The molecule has 0 spiro atoms. The maximum atomic E-state index is 6.51. The van der Waals surface area contributed by atoms with Crippen LogP contribution in [0, 0.1) is 0 Å². The molecular formula is C14H10BCl. The second kappa shape index (κ2) is 3.39. The predicted octanol–water partition coefficient (Wildman–Crippen LogP) is 3.20. The van der Waals surface area contributed by atoms with Crippen LogP contribution in [0.15, 0.2) is 48.5 Å². The summed E-state index contributed by atoms with van der Waals surface area (Å²) >= 11 is 6.51. The van der Waals surface area contributed by atoms with Crippen molar-refractivity contribution in [1.29, 1.82) is 0 Å². The fourth-order valence-electron chi connectivity index (χ4n) is 2.41. The lowest BCUT2D eigenvalue weighted by Gasteiger charge is -2.33. The molecule has 2 radical (unpaired) electrons. The molecule has 0 N–H and O–H groups in total. The molecule has 76 valence electrons. The quantitative estimate of drug-likeness (QED) is 0.476. The Morgan fingerprint density at radius 1 is 0.875 bits per heavy atom. The number of hydrogen-bond donors (Lipinski definition) is 0. The summed E-state index contributed by atoms with van der Waals surface area (Å²) in [5.74, 6) is 0. The van der Waals surface area contributed by atoms with Gasteiger partial charge in [0.15, 0.2) is 0 Å². The smallest absolute Gasteiger partial charge is 0.110 e. The normalized spacial score (nSPS) is 16.3. The van der Waals surface area contributed by atoms with Crippen molar-refractivity contribution in [2.24, 2.45) is 0 Å². The number of benzene rings is 2. The van der Waals surface area contributed by atoms with E-state index in [1.54, 1.807) is 0 Å². The molecule has 0 aliphatic heterocycles. The minimum absolute atomic E-state index is 0.883. The van der Waals surface area contributed by atoms with Crippen LogP contribution in [0.4, 0.5) is 0 Å². The molecule has 0 atom stereocenters. The van der Waals surface area contributed by atoms with E-state index in [2.05, 4.69) is 12.1 Å². The Morgan fingerprint density at radius 3 is 1.81 bits per heavy atom. The molecule has 0 nitrogen and oxygen atoms in total. The number of fused-ring (bicyclic) bond motifs is 2. The van der Waals surface area contributed by atoms with Gasteiger partial charge in [0.25, 0.3) is 0 Å². The maximum absolute atomic E-state index is 6.51. The molecule has 0 heterocycles. The fourth-order valence-corrected chi connectivity index (χ4v) is 2.78. The predicted molar refractivity (Wildman–Crippen MR) is 68.1 cm³/mol. The van der Waals surface area contributed by atoms with Gasteiger partial charge in [-0.1, -0.05) is 48.5 Å². The van der Waals surface area contributed by atoms with Crippen molar-refractivity contribution < 1.29 is 0 Å². The van der Waals surface area contributed by atoms with Gasteiger partial charge in [-0.25, -0.2) is 0 Å². The van der Waals surface area contributed by atoms with Crippen molar-refractivity contribution in [3.8, 4) is 0 Å². The minimum atomic E-state index is -0.883. The van der Waals surface area contributed by atoms with Gasteiger partial charge >= 0.3 is 0 Å². The Labute approximate surface area is 102 Å². The first-order chi connectivity index (χ1) is 7.69. The average molecular weight is 224 g/mol. The van der Waals surface area contributed by atoms with Gasteiger partial charge in [-0.05, 0) is 28.7 Å². The third-order valence-corrected chi connectivity index (χ3v) is 3.61. The largest absolute Gasteiger partial charge is 0.120 e. The summed E-state index contributed by atoms with van der Waals surface area (Å²) in [7, 11) is 6.27. The van der Waals surface area contributed by atoms with Gasteiger partial charge in [-0.15, -0.1) is 11.6 Å². The average Bonchev–Trinajstić information content (AvgIpc) is 2.29. The SMILES string of the molecule is [B]C1(Cl)c2ccccc2Cc2ccccc21. The molecule has 0 saturated carbocycles. The first-order valence-electron chi connectivity index (χ1n) is 5.34. The van der Waals surface area contributed by atoms with Gasteiger partial charge in [-0.3, -0.25) is 0 Å². The zero-order chi connectivity index (χ0) is 11.2. The summed E-state index contributed by atoms with van der Waals surface area (Å²) in [6.07, 6.45) is 0.915. The van der Waals surface area contributed by atoms with Gasteiger partial charge in [0, 0.05) is 0 Å². The standard InChI is InChI=1S/C14H10BCl/c15-14(16)12-7-3-1-5-10(12)9-11-6-2-4-8-13(11)14/h1-8H,9H2. The molecule has 1 aliphatic rings. The summed E-state index contributed by atoms with van der Waals surface area (Å²) in [5.41, 5.74) is 4.49. The molecule has 0 aromatic heterocycles. The van der Waals surface area contributed by atoms with Crippen LogP contribution in [0.1, 0.15) is 22.3 Å². The Balaban J connectivity index is 2.28. The van der Waals surface area contributed by atoms with E-state index in [9.17, 15) is 0 Å². The zero-order valence-corrected chi connectivity index (χ0v) is 9.54. The molecular weight excluding hydrogens is 214 g/mol. The van der Waals surface area contributed by atoms with Gasteiger partial charge in [0.05, 0.1) is 4.77 Å². The van der Waals surface area contributed by atoms with Gasteiger partial charge in [0.1, 0.15) is 7.85 Å². The van der Waals surface area contributed by atoms with Crippen LogP contribution in [0.3, 0.4) is 0 Å². The third-order valence-electron chi connectivity index (χ3n) is 3.20. The van der Waals surface area contributed by atoms with Gasteiger partial charge < -0.3 is 0 Å². The highest BCUT2D eigenvalue weighted by Crippen LogP contribution is 2.41. The van der Waals surface area contributed by atoms with E-state index in [0.717, 1.165) is 17.5 Å². The number of alkyl halides is 1. The number of hydrogen-bond acceptors (Lipinski definition) is 0. The van der Waals surface area contributed by atoms with Gasteiger partial charge in [-0.2, -0.15) is 0 Å². The van der Waals surface area contributed by atoms with Crippen molar-refractivity contribution in [1.82, 2.24) is 0 Å². The van der Waals surface area contributed by atoms with Crippen LogP contribution < -0.4 is 0 Å². The highest BCUT2D eigenvalue weighted by Gasteiger charge is 2.33. The zero-order valence-electron chi connectivity index (χ0n) is 8.78. The molecule has 2 aromatic rings. The topological polar surface area (TPSA) is 0 Å². The summed E-state index contributed by atoms with van der Waals surface area (Å²) in [5, 5.41) is 0. The molecule has 1 aliphatic carbocycles. The van der Waals surface area contributed by atoms with E-state index in [4.69, 9.17) is 19.4 Å². The summed E-state index contributed by atoms with van der Waals surface area (Å²) in [6.45, 7) is 0. The van der Waals surface area contributed by atoms with Crippen LogP contribution in [0.5, 0.6) is 0 Å². The van der Waals surface area contributed by atoms with E-state index >= 15 is 0 Å². The van der Waals surface area contributed by atoms with Crippen molar-refractivity contribution in [3.05, 3.63) is 70.8 Å². The Kier molecular flexibility index (Phi) is 2.12. The molecule has 0 unspecified atom stereocenters. The number of halogens is 1. The van der Waals surface area contributed by atoms with E-state index in [-0.39, 0.29) is 0 Å². The highest BCUT2D eigenvalue weighted by molar-refractivity contribution is 6.46. The van der Waals surface area contributed by atoms with Crippen LogP contribution in [-0.2, 0) is 11.2 Å². The van der Waals surface area contributed by atoms with Crippen LogP contribution in [0.25, 0.3) is 0 Å². The molecule has 2 heteroatoms. The van der Waals surface area contributed by atoms with E-state index in [1.807, 2.05) is 36.4 Å². The van der Waals surface area contributed by atoms with E-state index in [0.29, 0.717) is 0 Å². The lowest BCUT2D eigenvalue weighted by molar-refractivity contribution is 0.915.